The highest BCUT2D eigenvalue weighted by Crippen LogP contribution is 2.36. The maximum Gasteiger partial charge on any atom is 0.175 e. The SMILES string of the molecule is COc1ccc(-c2nc(Br)c3n2-c2ccc(S(C)(=O)=O)cc2CC3)cc1. The molecular weight excluding hydrogens is 416 g/mol. The number of aromatic nitrogens is 2. The molecule has 2 heterocycles. The number of halogens is 1. The van der Waals surface area contributed by atoms with Crippen molar-refractivity contribution < 1.29 is 13.2 Å². The maximum atomic E-state index is 11.9. The van der Waals surface area contributed by atoms with E-state index in [0.29, 0.717) is 4.90 Å². The van der Waals surface area contributed by atoms with Crippen LogP contribution in [0.5, 0.6) is 5.75 Å². The molecule has 4 rings (SSSR count). The Morgan fingerprint density at radius 1 is 1.12 bits per heavy atom. The lowest BCUT2D eigenvalue weighted by Crippen LogP contribution is -2.14. The first-order valence-electron chi connectivity index (χ1n) is 8.13. The van der Waals surface area contributed by atoms with E-state index in [1.54, 1.807) is 19.2 Å². The first-order valence-corrected chi connectivity index (χ1v) is 10.8. The van der Waals surface area contributed by atoms with Gasteiger partial charge in [0.15, 0.2) is 9.84 Å². The molecule has 2 aromatic carbocycles. The van der Waals surface area contributed by atoms with E-state index in [1.807, 2.05) is 30.3 Å². The van der Waals surface area contributed by atoms with Crippen LogP contribution >= 0.6 is 15.9 Å². The highest BCUT2D eigenvalue weighted by molar-refractivity contribution is 9.10. The number of methoxy groups -OCH3 is 1. The van der Waals surface area contributed by atoms with Crippen LogP contribution in [-0.2, 0) is 22.7 Å². The van der Waals surface area contributed by atoms with Crippen LogP contribution in [0.1, 0.15) is 11.3 Å². The molecule has 0 N–H and O–H groups in total. The standard InChI is InChI=1S/C19H17BrN2O3S/c1-25-14-6-3-12(4-7-14)19-21-18(20)17-9-5-13-11-15(26(2,23)24)8-10-16(13)22(17)19/h3-4,6-8,10-11H,5,9H2,1-2H3. The first-order chi connectivity index (χ1) is 12.4. The van der Waals surface area contributed by atoms with E-state index in [9.17, 15) is 8.42 Å². The normalized spacial score (nSPS) is 13.2. The molecule has 5 nitrogen and oxygen atoms in total. The van der Waals surface area contributed by atoms with Crippen molar-refractivity contribution in [1.82, 2.24) is 9.55 Å². The van der Waals surface area contributed by atoms with Crippen molar-refractivity contribution in [3.8, 4) is 22.8 Å². The zero-order valence-corrected chi connectivity index (χ0v) is 16.8. The topological polar surface area (TPSA) is 61.2 Å². The van der Waals surface area contributed by atoms with E-state index >= 15 is 0 Å². The average molecular weight is 433 g/mol. The van der Waals surface area contributed by atoms with Gasteiger partial charge in [-0.05, 0) is 76.8 Å². The van der Waals surface area contributed by atoms with Gasteiger partial charge in [-0.15, -0.1) is 0 Å². The van der Waals surface area contributed by atoms with E-state index in [1.165, 1.54) is 6.26 Å². The van der Waals surface area contributed by atoms with Crippen molar-refractivity contribution in [2.75, 3.05) is 13.4 Å². The number of ether oxygens (including phenoxy) is 1. The fourth-order valence-electron chi connectivity index (χ4n) is 3.30. The van der Waals surface area contributed by atoms with Crippen LogP contribution in [0, 0.1) is 0 Å². The molecule has 0 unspecified atom stereocenters. The number of rotatable bonds is 3. The van der Waals surface area contributed by atoms with Crippen LogP contribution in [0.15, 0.2) is 52.0 Å². The van der Waals surface area contributed by atoms with Gasteiger partial charge < -0.3 is 4.74 Å². The van der Waals surface area contributed by atoms with Crippen LogP contribution in [-0.4, -0.2) is 31.3 Å². The van der Waals surface area contributed by atoms with Gasteiger partial charge in [0, 0.05) is 11.8 Å². The van der Waals surface area contributed by atoms with Crippen LogP contribution in [0.3, 0.4) is 0 Å². The molecule has 0 saturated heterocycles. The highest BCUT2D eigenvalue weighted by atomic mass is 79.9. The molecule has 134 valence electrons. The molecule has 1 aliphatic rings. The third kappa shape index (κ3) is 2.85. The fourth-order valence-corrected chi connectivity index (χ4v) is 4.51. The van der Waals surface area contributed by atoms with E-state index in [4.69, 9.17) is 9.72 Å². The minimum absolute atomic E-state index is 0.352. The molecule has 1 aliphatic heterocycles. The van der Waals surface area contributed by atoms with E-state index in [-0.39, 0.29) is 0 Å². The Bertz CT molecular complexity index is 1100. The molecule has 0 radical (unpaired) electrons. The summed E-state index contributed by atoms with van der Waals surface area (Å²) in [7, 11) is -1.59. The smallest absolute Gasteiger partial charge is 0.175 e. The van der Waals surface area contributed by atoms with Gasteiger partial charge in [-0.25, -0.2) is 13.4 Å². The zero-order valence-electron chi connectivity index (χ0n) is 14.4. The van der Waals surface area contributed by atoms with Crippen LogP contribution in [0.25, 0.3) is 17.1 Å². The third-order valence-electron chi connectivity index (χ3n) is 4.62. The molecule has 0 spiro atoms. The minimum atomic E-state index is -3.23. The molecular formula is C19H17BrN2O3S. The number of imidazole rings is 1. The Morgan fingerprint density at radius 3 is 2.50 bits per heavy atom. The Hall–Kier alpha value is -2.12. The summed E-state index contributed by atoms with van der Waals surface area (Å²) in [6.07, 6.45) is 2.81. The Balaban J connectivity index is 1.90. The Morgan fingerprint density at radius 2 is 1.85 bits per heavy atom. The van der Waals surface area contributed by atoms with E-state index < -0.39 is 9.84 Å². The molecule has 7 heteroatoms. The van der Waals surface area contributed by atoms with Crippen molar-refractivity contribution in [3.05, 3.63) is 58.3 Å². The molecule has 0 aliphatic carbocycles. The van der Waals surface area contributed by atoms with Crippen molar-refractivity contribution in [1.29, 1.82) is 0 Å². The van der Waals surface area contributed by atoms with Crippen molar-refractivity contribution in [2.24, 2.45) is 0 Å². The van der Waals surface area contributed by atoms with E-state index in [0.717, 1.165) is 51.5 Å². The second-order valence-electron chi connectivity index (χ2n) is 6.30. The molecule has 1 aromatic heterocycles. The van der Waals surface area contributed by atoms with Gasteiger partial charge >= 0.3 is 0 Å². The van der Waals surface area contributed by atoms with Crippen LogP contribution in [0.4, 0.5) is 0 Å². The molecule has 0 saturated carbocycles. The highest BCUT2D eigenvalue weighted by Gasteiger charge is 2.25. The quantitative estimate of drug-likeness (QED) is 0.630. The van der Waals surface area contributed by atoms with Crippen molar-refractivity contribution in [2.45, 2.75) is 17.7 Å². The number of fused-ring (bicyclic) bond motifs is 3. The summed E-state index contributed by atoms with van der Waals surface area (Å²) in [6, 6.07) is 13.1. The van der Waals surface area contributed by atoms with Gasteiger partial charge in [-0.1, -0.05) is 0 Å². The molecule has 26 heavy (non-hydrogen) atoms. The number of benzene rings is 2. The Kier molecular flexibility index (Phi) is 4.16. The first kappa shape index (κ1) is 17.3. The number of sulfone groups is 1. The lowest BCUT2D eigenvalue weighted by atomic mass is 10.0. The van der Waals surface area contributed by atoms with Crippen LogP contribution < -0.4 is 4.74 Å². The number of nitrogens with zero attached hydrogens (tertiary/aromatic N) is 2. The molecule has 0 amide bonds. The predicted octanol–water partition coefficient (Wildman–Crippen LogP) is 3.81. The molecule has 0 fully saturated rings. The largest absolute Gasteiger partial charge is 0.497 e. The number of aryl methyl sites for hydroxylation is 1. The average Bonchev–Trinajstić information content (AvgIpc) is 2.98. The second kappa shape index (κ2) is 6.25. The fraction of sp³-hybridized carbons (Fsp3) is 0.211. The molecule has 0 bridgehead atoms. The maximum absolute atomic E-state index is 11.9. The van der Waals surface area contributed by atoms with Gasteiger partial charge in [0.05, 0.1) is 23.4 Å². The summed E-state index contributed by atoms with van der Waals surface area (Å²) in [5.41, 5.74) is 4.05. The van der Waals surface area contributed by atoms with Gasteiger partial charge in [0.1, 0.15) is 16.2 Å². The summed E-state index contributed by atoms with van der Waals surface area (Å²) in [5, 5.41) is 0. The second-order valence-corrected chi connectivity index (χ2v) is 9.07. The van der Waals surface area contributed by atoms with Gasteiger partial charge in [-0.3, -0.25) is 4.57 Å². The van der Waals surface area contributed by atoms with Gasteiger partial charge in [0.2, 0.25) is 0 Å². The zero-order chi connectivity index (χ0) is 18.5. The molecule has 3 aromatic rings. The van der Waals surface area contributed by atoms with Crippen molar-refractivity contribution >= 4 is 25.8 Å². The lowest BCUT2D eigenvalue weighted by molar-refractivity contribution is 0.415. The monoisotopic (exact) mass is 432 g/mol. The van der Waals surface area contributed by atoms with Gasteiger partial charge in [0.25, 0.3) is 0 Å². The molecule has 0 atom stereocenters. The summed E-state index contributed by atoms with van der Waals surface area (Å²) < 4.78 is 31.9. The number of hydrogen-bond acceptors (Lipinski definition) is 4. The summed E-state index contributed by atoms with van der Waals surface area (Å²) in [6.45, 7) is 0. The number of hydrogen-bond donors (Lipinski definition) is 0. The lowest BCUT2D eigenvalue weighted by Gasteiger charge is -2.21. The van der Waals surface area contributed by atoms with E-state index in [2.05, 4.69) is 20.5 Å². The van der Waals surface area contributed by atoms with Gasteiger partial charge in [-0.2, -0.15) is 0 Å². The Labute approximate surface area is 160 Å². The van der Waals surface area contributed by atoms with Crippen LogP contribution in [0.2, 0.25) is 0 Å². The minimum Gasteiger partial charge on any atom is -0.497 e. The summed E-state index contributed by atoms with van der Waals surface area (Å²) in [4.78, 5) is 5.06. The van der Waals surface area contributed by atoms with Crippen molar-refractivity contribution in [3.63, 3.8) is 0 Å². The summed E-state index contributed by atoms with van der Waals surface area (Å²) in [5.74, 6) is 1.61. The summed E-state index contributed by atoms with van der Waals surface area (Å²) >= 11 is 3.57. The third-order valence-corrected chi connectivity index (χ3v) is 6.37. The predicted molar refractivity (Wildman–Crippen MR) is 104 cm³/mol.